The summed E-state index contributed by atoms with van der Waals surface area (Å²) in [6, 6.07) is 9.23. The first-order valence-corrected chi connectivity index (χ1v) is 17.8. The Balaban J connectivity index is 1.42. The summed E-state index contributed by atoms with van der Waals surface area (Å²) in [6.07, 6.45) is 1.07. The number of hydrogen-bond donors (Lipinski definition) is 8. The van der Waals surface area contributed by atoms with Crippen molar-refractivity contribution in [1.82, 2.24) is 35.2 Å². The van der Waals surface area contributed by atoms with Crippen LogP contribution in [-0.2, 0) is 24.0 Å². The number of nitrogens with one attached hydrogen (secondary N) is 3. The van der Waals surface area contributed by atoms with E-state index in [4.69, 9.17) is 0 Å². The standard InChI is InChI=1S/C34H49BN8O11/c1-23(34(52)43-10-4-7-28(43)35(53)54)36-33(51)26-8-9-27(25-6-3-2-5-24(25)26)37-38-29(44)19-39-11-13-40(20-30(45)46)15-17-42(22-32(49)50)18-16-41(14-12-39)21-31(47)48/h2-3,5-6,8-9,23,28,37,53-54H,4,7,10-22H2,1H3,(H,36,51)(H,38,44)(H,45,46)(H,47,48)(H,49,50)/t23-,28+/m1/s1. The minimum Gasteiger partial charge on any atom is -0.480 e. The van der Waals surface area contributed by atoms with E-state index in [1.165, 1.54) is 11.8 Å². The van der Waals surface area contributed by atoms with E-state index in [1.54, 1.807) is 56.0 Å². The van der Waals surface area contributed by atoms with E-state index in [1.807, 2.05) is 0 Å². The second-order valence-corrected chi connectivity index (χ2v) is 13.5. The van der Waals surface area contributed by atoms with Crippen LogP contribution >= 0.6 is 0 Å². The highest BCUT2D eigenvalue weighted by molar-refractivity contribution is 6.43. The number of carbonyl (C=O) groups is 6. The lowest BCUT2D eigenvalue weighted by Crippen LogP contribution is -2.52. The Morgan fingerprint density at radius 3 is 1.67 bits per heavy atom. The van der Waals surface area contributed by atoms with Crippen molar-refractivity contribution >= 4 is 59.2 Å². The maximum atomic E-state index is 13.4. The molecule has 0 saturated carbocycles. The van der Waals surface area contributed by atoms with Crippen LogP contribution in [-0.4, -0.2) is 190 Å². The number of anilines is 1. The number of hydrogen-bond acceptors (Lipinski definition) is 13. The number of aliphatic carboxylic acids is 3. The molecule has 294 valence electrons. The van der Waals surface area contributed by atoms with Crippen LogP contribution in [0.25, 0.3) is 10.8 Å². The van der Waals surface area contributed by atoms with Gasteiger partial charge in [-0.3, -0.25) is 59.2 Å². The predicted molar refractivity (Wildman–Crippen MR) is 196 cm³/mol. The van der Waals surface area contributed by atoms with Gasteiger partial charge < -0.3 is 35.6 Å². The van der Waals surface area contributed by atoms with Gasteiger partial charge in [-0.05, 0) is 37.3 Å². The van der Waals surface area contributed by atoms with E-state index in [0.29, 0.717) is 35.8 Å². The number of nitrogens with zero attached hydrogens (tertiary/aromatic N) is 5. The topological polar surface area (TPSA) is 256 Å². The van der Waals surface area contributed by atoms with Crippen molar-refractivity contribution in [3.63, 3.8) is 0 Å². The fourth-order valence-electron chi connectivity index (χ4n) is 6.73. The highest BCUT2D eigenvalue weighted by Gasteiger charge is 2.38. The van der Waals surface area contributed by atoms with Gasteiger partial charge in [-0.1, -0.05) is 24.3 Å². The Bertz CT molecular complexity index is 1630. The summed E-state index contributed by atoms with van der Waals surface area (Å²) in [4.78, 5) is 82.4. The zero-order valence-electron chi connectivity index (χ0n) is 30.2. The Morgan fingerprint density at radius 2 is 1.19 bits per heavy atom. The van der Waals surface area contributed by atoms with Crippen molar-refractivity contribution < 1.29 is 54.1 Å². The second kappa shape index (κ2) is 20.0. The van der Waals surface area contributed by atoms with Gasteiger partial charge in [-0.15, -0.1) is 0 Å². The molecule has 19 nitrogen and oxygen atoms in total. The number of fused-ring (bicyclic) bond motifs is 1. The Hall–Kier alpha value is -4.86. The molecule has 2 aliphatic rings. The molecule has 2 aromatic carbocycles. The summed E-state index contributed by atoms with van der Waals surface area (Å²) < 4.78 is 0. The molecule has 54 heavy (non-hydrogen) atoms. The Kier molecular flexibility index (Phi) is 15.5. The Morgan fingerprint density at radius 1 is 0.704 bits per heavy atom. The maximum Gasteiger partial charge on any atom is 0.475 e. The molecule has 20 heteroatoms. The zero-order valence-corrected chi connectivity index (χ0v) is 30.2. The van der Waals surface area contributed by atoms with Gasteiger partial charge in [0.05, 0.1) is 37.8 Å². The first kappa shape index (κ1) is 41.9. The number of carboxylic acids is 3. The fourth-order valence-corrected chi connectivity index (χ4v) is 6.73. The molecule has 0 spiro atoms. The molecule has 0 radical (unpaired) electrons. The number of hydrazine groups is 1. The predicted octanol–water partition coefficient (Wildman–Crippen LogP) is -2.12. The third kappa shape index (κ3) is 12.4. The minimum atomic E-state index is -1.68. The summed E-state index contributed by atoms with van der Waals surface area (Å²) >= 11 is 0. The molecule has 2 heterocycles. The quantitative estimate of drug-likeness (QED) is 0.0758. The van der Waals surface area contributed by atoms with Crippen molar-refractivity contribution in [1.29, 1.82) is 0 Å². The molecular formula is C34H49BN8O11. The molecule has 0 unspecified atom stereocenters. The summed E-state index contributed by atoms with van der Waals surface area (Å²) in [5.41, 5.74) is 6.36. The normalized spacial score (nSPS) is 18.9. The van der Waals surface area contributed by atoms with Crippen molar-refractivity contribution in [3.05, 3.63) is 42.0 Å². The molecule has 2 atom stereocenters. The average molecular weight is 757 g/mol. The number of likely N-dealkylation sites (tertiary alicyclic amines) is 1. The number of benzene rings is 2. The van der Waals surface area contributed by atoms with E-state index < -0.39 is 54.7 Å². The summed E-state index contributed by atoms with van der Waals surface area (Å²) in [7, 11) is -1.68. The fraction of sp³-hybridized carbons (Fsp3) is 0.529. The van der Waals surface area contributed by atoms with Gasteiger partial charge in [0.25, 0.3) is 11.8 Å². The van der Waals surface area contributed by atoms with Gasteiger partial charge in [0.1, 0.15) is 6.04 Å². The molecule has 3 amide bonds. The van der Waals surface area contributed by atoms with Crippen LogP contribution in [0, 0.1) is 0 Å². The van der Waals surface area contributed by atoms with Gasteiger partial charge in [-0.2, -0.15) is 0 Å². The van der Waals surface area contributed by atoms with Crippen LogP contribution in [0.5, 0.6) is 0 Å². The lowest BCUT2D eigenvalue weighted by Gasteiger charge is -2.32. The lowest BCUT2D eigenvalue weighted by molar-refractivity contribution is -0.140. The van der Waals surface area contributed by atoms with Crippen LogP contribution < -0.4 is 16.2 Å². The molecule has 2 aromatic rings. The lowest BCUT2D eigenvalue weighted by atomic mass is 9.78. The monoisotopic (exact) mass is 756 g/mol. The Labute approximate surface area is 312 Å². The highest BCUT2D eigenvalue weighted by atomic mass is 16.4. The third-order valence-electron chi connectivity index (χ3n) is 9.52. The van der Waals surface area contributed by atoms with E-state index in [-0.39, 0.29) is 84.1 Å². The van der Waals surface area contributed by atoms with Crippen molar-refractivity contribution in [2.75, 3.05) is 90.5 Å². The van der Waals surface area contributed by atoms with Crippen LogP contribution in [0.1, 0.15) is 30.1 Å². The smallest absolute Gasteiger partial charge is 0.475 e. The molecule has 4 rings (SSSR count). The SMILES string of the molecule is C[C@@H](NC(=O)c1ccc(NNC(=O)CN2CCN(CC(=O)O)CCN(CC(=O)O)CCN(CC(=O)O)CC2)c2ccccc12)C(=O)N1CCC[C@H]1B(O)O. The molecule has 0 aromatic heterocycles. The van der Waals surface area contributed by atoms with Crippen LogP contribution in [0.2, 0.25) is 0 Å². The van der Waals surface area contributed by atoms with Crippen LogP contribution in [0.15, 0.2) is 36.4 Å². The molecule has 0 bridgehead atoms. The molecule has 2 saturated heterocycles. The van der Waals surface area contributed by atoms with Gasteiger partial charge >= 0.3 is 25.0 Å². The molecule has 2 aliphatic heterocycles. The van der Waals surface area contributed by atoms with Gasteiger partial charge in [-0.25, -0.2) is 0 Å². The van der Waals surface area contributed by atoms with Crippen molar-refractivity contribution in [2.24, 2.45) is 0 Å². The highest BCUT2D eigenvalue weighted by Crippen LogP contribution is 2.27. The second-order valence-electron chi connectivity index (χ2n) is 13.5. The molecule has 0 aliphatic carbocycles. The molecular weight excluding hydrogens is 707 g/mol. The maximum absolute atomic E-state index is 13.4. The first-order valence-electron chi connectivity index (χ1n) is 17.8. The summed E-state index contributed by atoms with van der Waals surface area (Å²) in [6.45, 7) is 3.01. The number of carbonyl (C=O) groups excluding carboxylic acids is 3. The van der Waals surface area contributed by atoms with Gasteiger partial charge in [0.2, 0.25) is 5.91 Å². The van der Waals surface area contributed by atoms with Crippen LogP contribution in [0.3, 0.4) is 0 Å². The minimum absolute atomic E-state index is 0.116. The zero-order chi connectivity index (χ0) is 39.4. The molecule has 8 N–H and O–H groups in total. The number of rotatable bonds is 14. The van der Waals surface area contributed by atoms with E-state index in [2.05, 4.69) is 16.2 Å². The molecule has 2 fully saturated rings. The first-order chi connectivity index (χ1) is 25.7. The largest absolute Gasteiger partial charge is 0.480 e. The van der Waals surface area contributed by atoms with Gasteiger partial charge in [0, 0.05) is 69.9 Å². The van der Waals surface area contributed by atoms with E-state index in [0.717, 1.165) is 0 Å². The van der Waals surface area contributed by atoms with Gasteiger partial charge in [0.15, 0.2) is 0 Å². The van der Waals surface area contributed by atoms with E-state index in [9.17, 15) is 54.1 Å². The van der Waals surface area contributed by atoms with E-state index >= 15 is 0 Å². The van der Waals surface area contributed by atoms with Crippen LogP contribution in [0.4, 0.5) is 5.69 Å². The average Bonchev–Trinajstić information content (AvgIpc) is 3.61. The summed E-state index contributed by atoms with van der Waals surface area (Å²) in [5.74, 6) is -5.25. The number of amides is 3. The number of carboxylic acid groups (broad SMARTS) is 3. The summed E-state index contributed by atoms with van der Waals surface area (Å²) in [5, 5.41) is 51.5. The van der Waals surface area contributed by atoms with Crippen molar-refractivity contribution in [2.45, 2.75) is 31.7 Å². The third-order valence-corrected chi connectivity index (χ3v) is 9.52. The van der Waals surface area contributed by atoms with Crippen molar-refractivity contribution in [3.8, 4) is 0 Å².